The summed E-state index contributed by atoms with van der Waals surface area (Å²) < 4.78 is 0. The standard InChI is InChI=1S/C8H13N/c1-2-9-8-6-4-3-5-7-8/h4,6H,2-3,5,7H2,1H3. The van der Waals surface area contributed by atoms with Crippen LogP contribution in [0.4, 0.5) is 0 Å². The number of nitrogens with zero attached hydrogens (tertiary/aromatic N) is 1. The van der Waals surface area contributed by atoms with E-state index >= 15 is 0 Å². The summed E-state index contributed by atoms with van der Waals surface area (Å²) >= 11 is 0. The molecule has 1 aliphatic rings. The first-order valence-corrected chi connectivity index (χ1v) is 3.63. The molecule has 9 heavy (non-hydrogen) atoms. The highest BCUT2D eigenvalue weighted by Crippen LogP contribution is 2.06. The minimum absolute atomic E-state index is 0.930. The van der Waals surface area contributed by atoms with Crippen molar-refractivity contribution in [2.24, 2.45) is 4.99 Å². The molecule has 0 spiro atoms. The molecule has 1 rings (SSSR count). The van der Waals surface area contributed by atoms with Crippen molar-refractivity contribution in [1.82, 2.24) is 0 Å². The highest BCUT2D eigenvalue weighted by atomic mass is 14.7. The van der Waals surface area contributed by atoms with Crippen LogP contribution in [0, 0.1) is 0 Å². The third kappa shape index (κ3) is 2.00. The van der Waals surface area contributed by atoms with Gasteiger partial charge in [0.15, 0.2) is 0 Å². The van der Waals surface area contributed by atoms with Crippen molar-refractivity contribution in [3.8, 4) is 0 Å². The van der Waals surface area contributed by atoms with Gasteiger partial charge in [-0.3, -0.25) is 4.99 Å². The fourth-order valence-electron chi connectivity index (χ4n) is 1.04. The Hall–Kier alpha value is -0.590. The summed E-state index contributed by atoms with van der Waals surface area (Å²) in [5.41, 5.74) is 1.28. The van der Waals surface area contributed by atoms with E-state index < -0.39 is 0 Å². The van der Waals surface area contributed by atoms with Crippen molar-refractivity contribution in [3.63, 3.8) is 0 Å². The van der Waals surface area contributed by atoms with E-state index in [-0.39, 0.29) is 0 Å². The number of hydrogen-bond acceptors (Lipinski definition) is 1. The fraction of sp³-hybridized carbons (Fsp3) is 0.625. The number of hydrogen-bond donors (Lipinski definition) is 0. The summed E-state index contributed by atoms with van der Waals surface area (Å²) in [6.07, 6.45) is 8.06. The first kappa shape index (κ1) is 6.53. The van der Waals surface area contributed by atoms with Crippen LogP contribution >= 0.6 is 0 Å². The van der Waals surface area contributed by atoms with Crippen LogP contribution in [-0.2, 0) is 0 Å². The summed E-state index contributed by atoms with van der Waals surface area (Å²) in [6.45, 7) is 3.01. The van der Waals surface area contributed by atoms with Crippen LogP contribution in [0.25, 0.3) is 0 Å². The van der Waals surface area contributed by atoms with Crippen LogP contribution in [0.2, 0.25) is 0 Å². The quantitative estimate of drug-likeness (QED) is 0.507. The monoisotopic (exact) mass is 123 g/mol. The SMILES string of the molecule is CCN=C1C=CCCC1. The van der Waals surface area contributed by atoms with Crippen molar-refractivity contribution < 1.29 is 0 Å². The first-order chi connectivity index (χ1) is 4.43. The van der Waals surface area contributed by atoms with Crippen molar-refractivity contribution in [1.29, 1.82) is 0 Å². The molecule has 0 saturated heterocycles. The van der Waals surface area contributed by atoms with Gasteiger partial charge in [0.2, 0.25) is 0 Å². The van der Waals surface area contributed by atoms with Gasteiger partial charge in [0.25, 0.3) is 0 Å². The van der Waals surface area contributed by atoms with Gasteiger partial charge in [-0.2, -0.15) is 0 Å². The molecular formula is C8H13N. The van der Waals surface area contributed by atoms with Crippen molar-refractivity contribution in [3.05, 3.63) is 12.2 Å². The van der Waals surface area contributed by atoms with Gasteiger partial charge in [-0.1, -0.05) is 6.08 Å². The predicted molar refractivity (Wildman–Crippen MR) is 41.0 cm³/mol. The molecule has 0 aromatic rings. The maximum absolute atomic E-state index is 4.31. The Morgan fingerprint density at radius 2 is 2.56 bits per heavy atom. The lowest BCUT2D eigenvalue weighted by molar-refractivity contribution is 0.873. The highest BCUT2D eigenvalue weighted by Gasteiger charge is 1.97. The van der Waals surface area contributed by atoms with Crippen LogP contribution < -0.4 is 0 Å². The molecule has 1 nitrogen and oxygen atoms in total. The van der Waals surface area contributed by atoms with E-state index in [1.54, 1.807) is 0 Å². The van der Waals surface area contributed by atoms with Gasteiger partial charge in [0.05, 0.1) is 0 Å². The minimum Gasteiger partial charge on any atom is -0.290 e. The lowest BCUT2D eigenvalue weighted by atomic mass is 10.1. The van der Waals surface area contributed by atoms with Crippen LogP contribution in [-0.4, -0.2) is 12.3 Å². The Labute approximate surface area is 56.5 Å². The zero-order valence-corrected chi connectivity index (χ0v) is 5.93. The normalized spacial score (nSPS) is 23.0. The lowest BCUT2D eigenvalue weighted by Gasteiger charge is -2.04. The van der Waals surface area contributed by atoms with E-state index in [1.807, 2.05) is 0 Å². The summed E-state index contributed by atoms with van der Waals surface area (Å²) in [6, 6.07) is 0. The molecule has 0 saturated carbocycles. The molecule has 0 amide bonds. The molecule has 0 fully saturated rings. The number of rotatable bonds is 1. The molecular weight excluding hydrogens is 110 g/mol. The van der Waals surface area contributed by atoms with Crippen LogP contribution in [0.5, 0.6) is 0 Å². The lowest BCUT2D eigenvalue weighted by Crippen LogP contribution is -1.98. The average Bonchev–Trinajstić information content (AvgIpc) is 1.91. The number of allylic oxidation sites excluding steroid dienone is 2. The van der Waals surface area contributed by atoms with Crippen molar-refractivity contribution in [2.75, 3.05) is 6.54 Å². The Balaban J connectivity index is 2.49. The molecule has 0 N–H and O–H groups in total. The maximum atomic E-state index is 4.31. The molecule has 0 unspecified atom stereocenters. The van der Waals surface area contributed by atoms with E-state index in [2.05, 4.69) is 24.1 Å². The Bertz CT molecular complexity index is 134. The second kappa shape index (κ2) is 3.44. The average molecular weight is 123 g/mol. The number of aliphatic imine (C=N–C) groups is 1. The van der Waals surface area contributed by atoms with Gasteiger partial charge in [0, 0.05) is 12.3 Å². The van der Waals surface area contributed by atoms with Crippen LogP contribution in [0.3, 0.4) is 0 Å². The van der Waals surface area contributed by atoms with Gasteiger partial charge in [-0.25, -0.2) is 0 Å². The smallest absolute Gasteiger partial charge is 0.0364 e. The predicted octanol–water partition coefficient (Wildman–Crippen LogP) is 2.19. The maximum Gasteiger partial charge on any atom is 0.0364 e. The van der Waals surface area contributed by atoms with Crippen LogP contribution in [0.15, 0.2) is 17.1 Å². The van der Waals surface area contributed by atoms with Gasteiger partial charge in [-0.05, 0) is 32.3 Å². The summed E-state index contributed by atoms with van der Waals surface area (Å²) in [7, 11) is 0. The summed E-state index contributed by atoms with van der Waals surface area (Å²) in [5.74, 6) is 0. The first-order valence-electron chi connectivity index (χ1n) is 3.63. The van der Waals surface area contributed by atoms with E-state index in [9.17, 15) is 0 Å². The Morgan fingerprint density at radius 1 is 1.67 bits per heavy atom. The third-order valence-corrected chi connectivity index (χ3v) is 1.48. The van der Waals surface area contributed by atoms with Crippen molar-refractivity contribution >= 4 is 5.71 Å². The van der Waals surface area contributed by atoms with Crippen molar-refractivity contribution in [2.45, 2.75) is 26.2 Å². The molecule has 1 heteroatoms. The molecule has 0 aromatic carbocycles. The second-order valence-corrected chi connectivity index (χ2v) is 2.26. The van der Waals surface area contributed by atoms with Gasteiger partial charge in [0.1, 0.15) is 0 Å². The highest BCUT2D eigenvalue weighted by molar-refractivity contribution is 5.95. The van der Waals surface area contributed by atoms with Gasteiger partial charge >= 0.3 is 0 Å². The van der Waals surface area contributed by atoms with E-state index in [4.69, 9.17) is 0 Å². The van der Waals surface area contributed by atoms with E-state index in [0.29, 0.717) is 0 Å². The Kier molecular flexibility index (Phi) is 2.49. The third-order valence-electron chi connectivity index (χ3n) is 1.48. The Morgan fingerprint density at radius 3 is 3.11 bits per heavy atom. The largest absolute Gasteiger partial charge is 0.290 e. The molecule has 0 bridgehead atoms. The van der Waals surface area contributed by atoms with E-state index in [1.165, 1.54) is 25.0 Å². The van der Waals surface area contributed by atoms with E-state index in [0.717, 1.165) is 6.54 Å². The molecule has 1 aliphatic carbocycles. The molecule has 0 aromatic heterocycles. The zero-order chi connectivity index (χ0) is 6.53. The second-order valence-electron chi connectivity index (χ2n) is 2.26. The molecule has 0 atom stereocenters. The molecule has 0 radical (unpaired) electrons. The van der Waals surface area contributed by atoms with Crippen LogP contribution in [0.1, 0.15) is 26.2 Å². The van der Waals surface area contributed by atoms with Gasteiger partial charge in [-0.15, -0.1) is 0 Å². The zero-order valence-electron chi connectivity index (χ0n) is 5.93. The minimum atomic E-state index is 0.930. The summed E-state index contributed by atoms with van der Waals surface area (Å²) in [5, 5.41) is 0. The molecule has 50 valence electrons. The fourth-order valence-corrected chi connectivity index (χ4v) is 1.04. The topological polar surface area (TPSA) is 12.4 Å². The molecule has 0 heterocycles. The summed E-state index contributed by atoms with van der Waals surface area (Å²) in [4.78, 5) is 4.31. The molecule has 0 aliphatic heterocycles. The van der Waals surface area contributed by atoms with Gasteiger partial charge < -0.3 is 0 Å².